The molecule has 0 aromatic heterocycles. The number of amides is 2. The van der Waals surface area contributed by atoms with Crippen molar-refractivity contribution in [1.29, 1.82) is 0 Å². The van der Waals surface area contributed by atoms with Crippen molar-refractivity contribution in [2.45, 2.75) is 19.9 Å². The van der Waals surface area contributed by atoms with E-state index < -0.39 is 0 Å². The van der Waals surface area contributed by atoms with Crippen molar-refractivity contribution in [1.82, 2.24) is 15.1 Å². The van der Waals surface area contributed by atoms with Crippen LogP contribution in [-0.4, -0.2) is 74.9 Å². The van der Waals surface area contributed by atoms with Gasteiger partial charge in [0.05, 0.1) is 19.8 Å². The molecule has 0 aliphatic carbocycles. The van der Waals surface area contributed by atoms with Crippen LogP contribution in [0.2, 0.25) is 0 Å². The first-order valence-electron chi connectivity index (χ1n) is 9.06. The summed E-state index contributed by atoms with van der Waals surface area (Å²) in [5, 5.41) is 3.06. The molecule has 6 heteroatoms. The van der Waals surface area contributed by atoms with E-state index in [0.717, 1.165) is 32.1 Å². The molecule has 1 fully saturated rings. The van der Waals surface area contributed by atoms with Crippen LogP contribution < -0.4 is 10.1 Å². The summed E-state index contributed by atoms with van der Waals surface area (Å²) in [5.41, 5.74) is 0. The van der Waals surface area contributed by atoms with Crippen LogP contribution in [0.15, 0.2) is 30.3 Å². The molecule has 1 aliphatic rings. The highest BCUT2D eigenvalue weighted by atomic mass is 16.5. The van der Waals surface area contributed by atoms with Gasteiger partial charge in [0.1, 0.15) is 12.4 Å². The Morgan fingerprint density at radius 1 is 1.28 bits per heavy atom. The summed E-state index contributed by atoms with van der Waals surface area (Å²) in [6, 6.07) is 9.92. The minimum Gasteiger partial charge on any atom is -0.492 e. The first kappa shape index (κ1) is 19.5. The minimum atomic E-state index is -0.0597. The number of hydrogen-bond acceptors (Lipinski definition) is 4. The second-order valence-electron chi connectivity index (χ2n) is 6.73. The Labute approximate surface area is 151 Å². The largest absolute Gasteiger partial charge is 0.492 e. The van der Waals surface area contributed by atoms with Crippen LogP contribution in [0, 0.1) is 5.92 Å². The summed E-state index contributed by atoms with van der Waals surface area (Å²) < 4.78 is 11.1. The quantitative estimate of drug-likeness (QED) is 0.781. The molecule has 1 aromatic rings. The standard InChI is InChI=1S/C19H31N3O3/c1-16(2)18(22-10-12-24-13-11-22)15-20-19(23)21(3)9-14-25-17-7-5-4-6-8-17/h4-8,16,18H,9-15H2,1-3H3,(H,20,23). The van der Waals surface area contributed by atoms with Gasteiger partial charge in [-0.3, -0.25) is 4.90 Å². The van der Waals surface area contributed by atoms with Crippen molar-refractivity contribution in [3.05, 3.63) is 30.3 Å². The lowest BCUT2D eigenvalue weighted by atomic mass is 10.0. The maximum Gasteiger partial charge on any atom is 0.317 e. The van der Waals surface area contributed by atoms with Gasteiger partial charge in [0.15, 0.2) is 0 Å². The van der Waals surface area contributed by atoms with Crippen LogP contribution in [-0.2, 0) is 4.74 Å². The molecule has 1 unspecified atom stereocenters. The molecular weight excluding hydrogens is 318 g/mol. The van der Waals surface area contributed by atoms with Crippen molar-refractivity contribution >= 4 is 6.03 Å². The fourth-order valence-electron chi connectivity index (χ4n) is 2.94. The zero-order valence-corrected chi connectivity index (χ0v) is 15.6. The number of carbonyl (C=O) groups excluding carboxylic acids is 1. The van der Waals surface area contributed by atoms with Gasteiger partial charge in [0.25, 0.3) is 0 Å². The summed E-state index contributed by atoms with van der Waals surface area (Å²) in [4.78, 5) is 16.4. The summed E-state index contributed by atoms with van der Waals surface area (Å²) in [5.74, 6) is 1.30. The highest BCUT2D eigenvalue weighted by Gasteiger charge is 2.24. The highest BCUT2D eigenvalue weighted by Crippen LogP contribution is 2.12. The van der Waals surface area contributed by atoms with E-state index in [0.29, 0.717) is 31.7 Å². The molecular formula is C19H31N3O3. The van der Waals surface area contributed by atoms with Crippen molar-refractivity contribution < 1.29 is 14.3 Å². The Bertz CT molecular complexity index is 504. The maximum absolute atomic E-state index is 12.3. The first-order chi connectivity index (χ1) is 12.1. The number of nitrogens with zero attached hydrogens (tertiary/aromatic N) is 2. The number of morpholine rings is 1. The van der Waals surface area contributed by atoms with Gasteiger partial charge in [-0.1, -0.05) is 32.0 Å². The van der Waals surface area contributed by atoms with Crippen LogP contribution in [0.25, 0.3) is 0 Å². The summed E-state index contributed by atoms with van der Waals surface area (Å²) in [7, 11) is 1.79. The zero-order valence-electron chi connectivity index (χ0n) is 15.6. The number of urea groups is 1. The van der Waals surface area contributed by atoms with Gasteiger partial charge >= 0.3 is 6.03 Å². The van der Waals surface area contributed by atoms with Gasteiger partial charge in [0.2, 0.25) is 0 Å². The SMILES string of the molecule is CC(C)C(CNC(=O)N(C)CCOc1ccccc1)N1CCOCC1. The van der Waals surface area contributed by atoms with Gasteiger partial charge in [-0.25, -0.2) is 4.79 Å². The number of carbonyl (C=O) groups is 1. The van der Waals surface area contributed by atoms with E-state index in [1.807, 2.05) is 30.3 Å². The second-order valence-corrected chi connectivity index (χ2v) is 6.73. The minimum absolute atomic E-state index is 0.0597. The molecule has 1 saturated heterocycles. The van der Waals surface area contributed by atoms with Crippen LogP contribution in [0.5, 0.6) is 5.75 Å². The molecule has 25 heavy (non-hydrogen) atoms. The molecule has 1 aliphatic heterocycles. The number of likely N-dealkylation sites (N-methyl/N-ethyl adjacent to an activating group) is 1. The van der Waals surface area contributed by atoms with E-state index in [-0.39, 0.29) is 6.03 Å². The average Bonchev–Trinajstić information content (AvgIpc) is 2.63. The van der Waals surface area contributed by atoms with Crippen molar-refractivity contribution in [3.8, 4) is 5.75 Å². The van der Waals surface area contributed by atoms with E-state index in [1.165, 1.54) is 0 Å². The van der Waals surface area contributed by atoms with Gasteiger partial charge in [-0.15, -0.1) is 0 Å². The fraction of sp³-hybridized carbons (Fsp3) is 0.632. The molecule has 1 aromatic carbocycles. The van der Waals surface area contributed by atoms with E-state index in [4.69, 9.17) is 9.47 Å². The van der Waals surface area contributed by atoms with Gasteiger partial charge < -0.3 is 19.7 Å². The molecule has 1 atom stereocenters. The van der Waals surface area contributed by atoms with Crippen LogP contribution in [0.4, 0.5) is 4.79 Å². The number of nitrogens with one attached hydrogen (secondary N) is 1. The fourth-order valence-corrected chi connectivity index (χ4v) is 2.94. The lowest BCUT2D eigenvalue weighted by Gasteiger charge is -2.37. The second kappa shape index (κ2) is 10.3. The van der Waals surface area contributed by atoms with Crippen molar-refractivity contribution in [2.75, 3.05) is 53.0 Å². The molecule has 0 saturated carbocycles. The molecule has 1 heterocycles. The van der Waals surface area contributed by atoms with Gasteiger partial charge in [-0.05, 0) is 18.1 Å². The predicted octanol–water partition coefficient (Wildman–Crippen LogP) is 2.06. The normalized spacial score (nSPS) is 16.5. The number of hydrogen-bond donors (Lipinski definition) is 1. The van der Waals surface area contributed by atoms with Crippen molar-refractivity contribution in [3.63, 3.8) is 0 Å². The van der Waals surface area contributed by atoms with E-state index in [1.54, 1.807) is 11.9 Å². The summed E-state index contributed by atoms with van der Waals surface area (Å²) >= 11 is 0. The molecule has 0 bridgehead atoms. The third kappa shape index (κ3) is 6.55. The Morgan fingerprint density at radius 2 is 1.96 bits per heavy atom. The van der Waals surface area contributed by atoms with Crippen LogP contribution in [0.3, 0.4) is 0 Å². The van der Waals surface area contributed by atoms with Crippen molar-refractivity contribution in [2.24, 2.45) is 5.92 Å². The molecule has 140 valence electrons. The Kier molecular flexibility index (Phi) is 8.01. The molecule has 0 spiro atoms. The van der Waals surface area contributed by atoms with E-state index in [9.17, 15) is 4.79 Å². The number of benzene rings is 1. The topological polar surface area (TPSA) is 54.0 Å². The number of rotatable bonds is 8. The number of para-hydroxylation sites is 1. The first-order valence-corrected chi connectivity index (χ1v) is 9.06. The third-order valence-electron chi connectivity index (χ3n) is 4.53. The number of ether oxygens (including phenoxy) is 2. The van der Waals surface area contributed by atoms with Gasteiger partial charge in [-0.2, -0.15) is 0 Å². The zero-order chi connectivity index (χ0) is 18.1. The molecule has 2 amide bonds. The highest BCUT2D eigenvalue weighted by molar-refractivity contribution is 5.73. The lowest BCUT2D eigenvalue weighted by Crippen LogP contribution is -2.52. The van der Waals surface area contributed by atoms with Crippen LogP contribution in [0.1, 0.15) is 13.8 Å². The van der Waals surface area contributed by atoms with E-state index in [2.05, 4.69) is 24.1 Å². The molecule has 6 nitrogen and oxygen atoms in total. The monoisotopic (exact) mass is 349 g/mol. The Hall–Kier alpha value is -1.79. The Morgan fingerprint density at radius 3 is 2.60 bits per heavy atom. The average molecular weight is 349 g/mol. The van der Waals surface area contributed by atoms with E-state index >= 15 is 0 Å². The maximum atomic E-state index is 12.3. The smallest absolute Gasteiger partial charge is 0.317 e. The Balaban J connectivity index is 1.71. The molecule has 0 radical (unpaired) electrons. The summed E-state index contributed by atoms with van der Waals surface area (Å²) in [6.07, 6.45) is 0. The molecule has 1 N–H and O–H groups in total. The third-order valence-corrected chi connectivity index (χ3v) is 4.53. The lowest BCUT2D eigenvalue weighted by molar-refractivity contribution is 0.00697. The van der Waals surface area contributed by atoms with Crippen LogP contribution >= 0.6 is 0 Å². The molecule has 2 rings (SSSR count). The van der Waals surface area contributed by atoms with Gasteiger partial charge in [0, 0.05) is 32.7 Å². The predicted molar refractivity (Wildman–Crippen MR) is 99.0 cm³/mol. The summed E-state index contributed by atoms with van der Waals surface area (Å²) in [6.45, 7) is 9.48.